The van der Waals surface area contributed by atoms with Gasteiger partial charge in [-0.05, 0) is 76.1 Å². The van der Waals surface area contributed by atoms with E-state index in [1.54, 1.807) is 0 Å². The number of benzene rings is 1. The normalized spacial score (nSPS) is 16.1. The van der Waals surface area contributed by atoms with Gasteiger partial charge in [0.2, 0.25) is 15.7 Å². The van der Waals surface area contributed by atoms with Crippen LogP contribution in [0.4, 0.5) is 14.5 Å². The average Bonchev–Trinajstić information content (AvgIpc) is 2.61. The highest BCUT2D eigenvalue weighted by atomic mass is 35.5. The first-order valence-corrected chi connectivity index (χ1v) is 10.2. The molecule has 0 radical (unpaired) electrons. The van der Waals surface area contributed by atoms with Crippen molar-refractivity contribution in [2.75, 3.05) is 38.5 Å². The fourth-order valence-electron chi connectivity index (χ4n) is 3.02. The maximum absolute atomic E-state index is 12.5. The standard InChI is InChI=1S/C17H25F2N3O3S.ClH/c1-20-9-6-13-7-10-22(11-8-13)12-16(23)21-14-2-4-15(5-3-14)26(24,25)17(18)19;/h2-5,13,17,20H,6-12H2,1H3,(H,21,23);1H. The number of rotatable bonds is 8. The smallest absolute Gasteiger partial charge is 0.325 e. The fourth-order valence-corrected chi connectivity index (χ4v) is 3.74. The molecule has 1 fully saturated rings. The summed E-state index contributed by atoms with van der Waals surface area (Å²) < 4.78 is 47.7. The van der Waals surface area contributed by atoms with E-state index < -0.39 is 20.5 Å². The number of hydrogen-bond donors (Lipinski definition) is 2. The Balaban J connectivity index is 0.00000364. The maximum Gasteiger partial charge on any atom is 0.341 e. The Morgan fingerprint density at radius 2 is 1.81 bits per heavy atom. The molecule has 154 valence electrons. The Morgan fingerprint density at radius 3 is 2.33 bits per heavy atom. The van der Waals surface area contributed by atoms with Gasteiger partial charge in [-0.2, -0.15) is 8.78 Å². The first-order chi connectivity index (χ1) is 12.3. The van der Waals surface area contributed by atoms with Gasteiger partial charge in [0.1, 0.15) is 0 Å². The summed E-state index contributed by atoms with van der Waals surface area (Å²) in [5.41, 5.74) is 0.382. The molecule has 6 nitrogen and oxygen atoms in total. The molecule has 1 aromatic rings. The van der Waals surface area contributed by atoms with Crippen LogP contribution in [0.2, 0.25) is 0 Å². The molecule has 2 rings (SSSR count). The van der Waals surface area contributed by atoms with Crippen LogP contribution < -0.4 is 10.6 Å². The lowest BCUT2D eigenvalue weighted by Crippen LogP contribution is -2.39. The molecule has 0 bridgehead atoms. The summed E-state index contributed by atoms with van der Waals surface area (Å²) in [7, 11) is -2.68. The van der Waals surface area contributed by atoms with Crippen molar-refractivity contribution in [2.45, 2.75) is 29.9 Å². The minimum atomic E-state index is -4.62. The predicted molar refractivity (Wildman–Crippen MR) is 103 cm³/mol. The molecule has 0 atom stereocenters. The van der Waals surface area contributed by atoms with Crippen LogP contribution in [0, 0.1) is 5.92 Å². The molecule has 0 spiro atoms. The van der Waals surface area contributed by atoms with Crippen LogP contribution in [0.25, 0.3) is 0 Å². The van der Waals surface area contributed by atoms with Crippen molar-refractivity contribution in [1.82, 2.24) is 10.2 Å². The predicted octanol–water partition coefficient (Wildman–Crippen LogP) is 2.36. The molecule has 0 saturated carbocycles. The van der Waals surface area contributed by atoms with E-state index in [0.717, 1.165) is 51.0 Å². The van der Waals surface area contributed by atoms with Gasteiger partial charge in [-0.15, -0.1) is 12.4 Å². The van der Waals surface area contributed by atoms with Crippen LogP contribution in [-0.2, 0) is 14.6 Å². The van der Waals surface area contributed by atoms with Crippen LogP contribution in [-0.4, -0.2) is 58.2 Å². The number of piperidine rings is 1. The number of sulfone groups is 1. The molecule has 0 unspecified atom stereocenters. The summed E-state index contributed by atoms with van der Waals surface area (Å²) in [5, 5.41) is 5.82. The third kappa shape index (κ3) is 6.99. The summed E-state index contributed by atoms with van der Waals surface area (Å²) in [6, 6.07) is 4.78. The van der Waals surface area contributed by atoms with Crippen molar-refractivity contribution < 1.29 is 22.0 Å². The van der Waals surface area contributed by atoms with Gasteiger partial charge in [0.05, 0.1) is 11.4 Å². The minimum Gasteiger partial charge on any atom is -0.325 e. The number of anilines is 1. The molecule has 1 aliphatic heterocycles. The molecule has 0 aromatic heterocycles. The SMILES string of the molecule is CNCCC1CCN(CC(=O)Nc2ccc(S(=O)(=O)C(F)F)cc2)CC1.Cl. The number of alkyl halides is 2. The zero-order valence-corrected chi connectivity index (χ0v) is 16.8. The van der Waals surface area contributed by atoms with Crippen molar-refractivity contribution in [3.05, 3.63) is 24.3 Å². The second-order valence-corrected chi connectivity index (χ2v) is 8.41. The van der Waals surface area contributed by atoms with Gasteiger partial charge < -0.3 is 10.6 Å². The van der Waals surface area contributed by atoms with Gasteiger partial charge in [-0.3, -0.25) is 9.69 Å². The Bertz CT molecular complexity index is 694. The lowest BCUT2D eigenvalue weighted by Gasteiger charge is -2.31. The van der Waals surface area contributed by atoms with E-state index in [2.05, 4.69) is 15.5 Å². The van der Waals surface area contributed by atoms with Gasteiger partial charge in [0.25, 0.3) is 0 Å². The zero-order valence-electron chi connectivity index (χ0n) is 15.2. The second kappa shape index (κ2) is 10.9. The van der Waals surface area contributed by atoms with Crippen molar-refractivity contribution >= 4 is 33.8 Å². The summed E-state index contributed by atoms with van der Waals surface area (Å²) in [6.45, 7) is 3.00. The topological polar surface area (TPSA) is 78.5 Å². The third-order valence-corrected chi connectivity index (χ3v) is 5.98. The van der Waals surface area contributed by atoms with E-state index in [-0.39, 0.29) is 24.9 Å². The molecule has 1 aromatic carbocycles. The average molecular weight is 426 g/mol. The van der Waals surface area contributed by atoms with Crippen molar-refractivity contribution in [3.8, 4) is 0 Å². The number of likely N-dealkylation sites (tertiary alicyclic amines) is 1. The Labute approximate surface area is 165 Å². The summed E-state index contributed by atoms with van der Waals surface area (Å²) >= 11 is 0. The second-order valence-electron chi connectivity index (χ2n) is 6.49. The van der Waals surface area contributed by atoms with Crippen LogP contribution in [0.15, 0.2) is 29.2 Å². The molecular formula is C17H26ClF2N3O3S. The quantitative estimate of drug-likeness (QED) is 0.668. The number of carbonyl (C=O) groups is 1. The Hall–Kier alpha value is -1.29. The highest BCUT2D eigenvalue weighted by Crippen LogP contribution is 2.21. The molecule has 1 heterocycles. The van der Waals surface area contributed by atoms with Gasteiger partial charge in [-0.1, -0.05) is 0 Å². The minimum absolute atomic E-state index is 0. The van der Waals surface area contributed by atoms with E-state index in [1.807, 2.05) is 7.05 Å². The maximum atomic E-state index is 12.5. The van der Waals surface area contributed by atoms with Crippen LogP contribution in [0.3, 0.4) is 0 Å². The summed E-state index contributed by atoms with van der Waals surface area (Å²) in [6.07, 6.45) is 3.27. The summed E-state index contributed by atoms with van der Waals surface area (Å²) in [5.74, 6) is -2.98. The van der Waals surface area contributed by atoms with E-state index in [0.29, 0.717) is 11.6 Å². The van der Waals surface area contributed by atoms with Crippen LogP contribution in [0.5, 0.6) is 0 Å². The first kappa shape index (κ1) is 23.7. The monoisotopic (exact) mass is 425 g/mol. The molecular weight excluding hydrogens is 400 g/mol. The largest absolute Gasteiger partial charge is 0.341 e. The number of halogens is 3. The molecule has 1 amide bonds. The van der Waals surface area contributed by atoms with E-state index in [9.17, 15) is 22.0 Å². The molecule has 2 N–H and O–H groups in total. The zero-order chi connectivity index (χ0) is 19.2. The lowest BCUT2D eigenvalue weighted by molar-refractivity contribution is -0.117. The van der Waals surface area contributed by atoms with Crippen molar-refractivity contribution in [3.63, 3.8) is 0 Å². The van der Waals surface area contributed by atoms with E-state index >= 15 is 0 Å². The lowest BCUT2D eigenvalue weighted by atomic mass is 9.93. The van der Waals surface area contributed by atoms with Gasteiger partial charge in [0, 0.05) is 5.69 Å². The number of nitrogens with zero attached hydrogens (tertiary/aromatic N) is 1. The number of nitrogens with one attached hydrogen (secondary N) is 2. The molecule has 0 aliphatic carbocycles. The van der Waals surface area contributed by atoms with E-state index in [4.69, 9.17) is 0 Å². The molecule has 1 aliphatic rings. The number of hydrogen-bond acceptors (Lipinski definition) is 5. The molecule has 10 heteroatoms. The van der Waals surface area contributed by atoms with Crippen LogP contribution >= 0.6 is 12.4 Å². The van der Waals surface area contributed by atoms with Gasteiger partial charge in [-0.25, -0.2) is 8.42 Å². The molecule has 27 heavy (non-hydrogen) atoms. The number of carbonyl (C=O) groups excluding carboxylic acids is 1. The highest BCUT2D eigenvalue weighted by molar-refractivity contribution is 7.91. The highest BCUT2D eigenvalue weighted by Gasteiger charge is 2.26. The van der Waals surface area contributed by atoms with Gasteiger partial charge in [0.15, 0.2) is 0 Å². The van der Waals surface area contributed by atoms with Crippen molar-refractivity contribution in [1.29, 1.82) is 0 Å². The third-order valence-electron chi connectivity index (χ3n) is 4.58. The number of amides is 1. The summed E-state index contributed by atoms with van der Waals surface area (Å²) in [4.78, 5) is 13.7. The van der Waals surface area contributed by atoms with Crippen LogP contribution in [0.1, 0.15) is 19.3 Å². The first-order valence-electron chi connectivity index (χ1n) is 8.62. The fraction of sp³-hybridized carbons (Fsp3) is 0.588. The van der Waals surface area contributed by atoms with E-state index in [1.165, 1.54) is 12.1 Å². The Morgan fingerprint density at radius 1 is 1.22 bits per heavy atom. The van der Waals surface area contributed by atoms with Gasteiger partial charge >= 0.3 is 5.76 Å². The van der Waals surface area contributed by atoms with Crippen molar-refractivity contribution in [2.24, 2.45) is 5.92 Å². The molecule has 1 saturated heterocycles. The Kier molecular flexibility index (Phi) is 9.58.